The smallest absolute Gasteiger partial charge is 0.119 e. The fourth-order valence-electron chi connectivity index (χ4n) is 1.03. The van der Waals surface area contributed by atoms with Crippen molar-refractivity contribution in [2.24, 2.45) is 5.73 Å². The molecule has 0 amide bonds. The lowest BCUT2D eigenvalue weighted by molar-refractivity contribution is 0.470. The fourth-order valence-corrected chi connectivity index (χ4v) is 1.53. The van der Waals surface area contributed by atoms with Crippen LogP contribution in [0, 0.1) is 6.92 Å². The third-order valence-corrected chi connectivity index (χ3v) is 2.63. The lowest BCUT2D eigenvalue weighted by atomic mass is 10.1. The van der Waals surface area contributed by atoms with Crippen LogP contribution in [-0.2, 0) is 6.42 Å². The molecule has 1 rings (SSSR count). The van der Waals surface area contributed by atoms with Gasteiger partial charge in [0.2, 0.25) is 0 Å². The molecule has 0 aromatic heterocycles. The van der Waals surface area contributed by atoms with Crippen molar-refractivity contribution >= 4 is 15.9 Å². The first kappa shape index (κ1) is 9.55. The summed E-state index contributed by atoms with van der Waals surface area (Å²) in [5, 5.41) is 9.44. The van der Waals surface area contributed by atoms with Gasteiger partial charge in [-0.1, -0.05) is 15.9 Å². The summed E-state index contributed by atoms with van der Waals surface area (Å²) in [6.07, 6.45) is 0.798. The molecule has 1 aromatic rings. The first-order chi connectivity index (χ1) is 5.65. The van der Waals surface area contributed by atoms with E-state index < -0.39 is 0 Å². The number of phenolic OH excluding ortho intramolecular Hbond substituents is 1. The summed E-state index contributed by atoms with van der Waals surface area (Å²) in [7, 11) is 0. The molecule has 0 heterocycles. The average molecular weight is 230 g/mol. The van der Waals surface area contributed by atoms with Gasteiger partial charge in [-0.05, 0) is 37.6 Å². The maximum absolute atomic E-state index is 9.44. The van der Waals surface area contributed by atoms with Crippen LogP contribution in [0.25, 0.3) is 0 Å². The molecule has 1 aromatic carbocycles. The Balaban J connectivity index is 3.04. The molecule has 0 bridgehead atoms. The van der Waals surface area contributed by atoms with Crippen molar-refractivity contribution in [3.63, 3.8) is 0 Å². The van der Waals surface area contributed by atoms with Crippen molar-refractivity contribution in [1.29, 1.82) is 0 Å². The largest absolute Gasteiger partial charge is 0.508 e. The van der Waals surface area contributed by atoms with Gasteiger partial charge in [-0.3, -0.25) is 0 Å². The first-order valence-electron chi connectivity index (χ1n) is 3.83. The van der Waals surface area contributed by atoms with Crippen molar-refractivity contribution in [2.45, 2.75) is 13.3 Å². The van der Waals surface area contributed by atoms with E-state index in [4.69, 9.17) is 5.73 Å². The first-order valence-corrected chi connectivity index (χ1v) is 4.62. The Morgan fingerprint density at radius 2 is 2.17 bits per heavy atom. The number of hydrogen-bond donors (Lipinski definition) is 2. The minimum absolute atomic E-state index is 0.327. The van der Waals surface area contributed by atoms with E-state index in [0.717, 1.165) is 22.0 Å². The Kier molecular flexibility index (Phi) is 3.12. The van der Waals surface area contributed by atoms with Crippen LogP contribution in [0.3, 0.4) is 0 Å². The summed E-state index contributed by atoms with van der Waals surface area (Å²) in [5.74, 6) is 0.327. The second kappa shape index (κ2) is 3.92. The van der Waals surface area contributed by atoms with Crippen molar-refractivity contribution in [3.8, 4) is 5.75 Å². The summed E-state index contributed by atoms with van der Waals surface area (Å²) in [6, 6.07) is 3.74. The maximum atomic E-state index is 9.44. The van der Waals surface area contributed by atoms with Gasteiger partial charge in [0.1, 0.15) is 5.75 Å². The van der Waals surface area contributed by atoms with Crippen LogP contribution in [0.1, 0.15) is 11.1 Å². The molecule has 0 aliphatic heterocycles. The molecule has 3 N–H and O–H groups in total. The third kappa shape index (κ3) is 1.99. The summed E-state index contributed by atoms with van der Waals surface area (Å²) in [6.45, 7) is 2.47. The van der Waals surface area contributed by atoms with Gasteiger partial charge in [-0.15, -0.1) is 0 Å². The van der Waals surface area contributed by atoms with E-state index in [0.29, 0.717) is 12.3 Å². The molecule has 0 saturated carbocycles. The zero-order chi connectivity index (χ0) is 9.14. The van der Waals surface area contributed by atoms with Gasteiger partial charge in [0, 0.05) is 10.0 Å². The normalized spacial score (nSPS) is 10.2. The molecule has 0 aliphatic rings. The van der Waals surface area contributed by atoms with Crippen LogP contribution in [0.4, 0.5) is 0 Å². The van der Waals surface area contributed by atoms with Gasteiger partial charge in [0.05, 0.1) is 0 Å². The zero-order valence-electron chi connectivity index (χ0n) is 6.97. The monoisotopic (exact) mass is 229 g/mol. The molecule has 0 spiro atoms. The number of hydrogen-bond acceptors (Lipinski definition) is 2. The Morgan fingerprint density at radius 3 is 2.67 bits per heavy atom. The lowest BCUT2D eigenvalue weighted by Crippen LogP contribution is -2.02. The van der Waals surface area contributed by atoms with Gasteiger partial charge in [0.25, 0.3) is 0 Å². The predicted octanol–water partition coefficient (Wildman–Crippen LogP) is 1.96. The average Bonchev–Trinajstić information content (AvgIpc) is 2.01. The molecule has 3 heteroatoms. The molecule has 0 unspecified atom stereocenters. The highest BCUT2D eigenvalue weighted by atomic mass is 79.9. The van der Waals surface area contributed by atoms with E-state index in [1.165, 1.54) is 0 Å². The van der Waals surface area contributed by atoms with Crippen molar-refractivity contribution in [1.82, 2.24) is 0 Å². The lowest BCUT2D eigenvalue weighted by Gasteiger charge is -2.05. The van der Waals surface area contributed by atoms with Gasteiger partial charge in [-0.2, -0.15) is 0 Å². The van der Waals surface area contributed by atoms with Crippen molar-refractivity contribution in [3.05, 3.63) is 27.7 Å². The van der Waals surface area contributed by atoms with E-state index in [-0.39, 0.29) is 0 Å². The summed E-state index contributed by atoms with van der Waals surface area (Å²) < 4.78 is 0.936. The van der Waals surface area contributed by atoms with Crippen molar-refractivity contribution < 1.29 is 5.11 Å². The Bertz CT molecular complexity index is 263. The Hall–Kier alpha value is -0.540. The van der Waals surface area contributed by atoms with Gasteiger partial charge in [-0.25, -0.2) is 0 Å². The third-order valence-electron chi connectivity index (χ3n) is 1.81. The molecule has 0 saturated heterocycles. The fraction of sp³-hybridized carbons (Fsp3) is 0.333. The van der Waals surface area contributed by atoms with Crippen LogP contribution in [0.2, 0.25) is 0 Å². The van der Waals surface area contributed by atoms with E-state index in [9.17, 15) is 5.11 Å². The number of aromatic hydroxyl groups is 1. The summed E-state index contributed by atoms with van der Waals surface area (Å²) in [5.41, 5.74) is 7.34. The topological polar surface area (TPSA) is 46.2 Å². The number of rotatable bonds is 2. The summed E-state index contributed by atoms with van der Waals surface area (Å²) in [4.78, 5) is 0. The second-order valence-electron chi connectivity index (χ2n) is 2.76. The number of nitrogens with two attached hydrogens (primary N) is 1. The Labute approximate surface area is 80.5 Å². The zero-order valence-corrected chi connectivity index (χ0v) is 8.56. The molecule has 0 atom stereocenters. The molecule has 0 radical (unpaired) electrons. The number of phenols is 1. The van der Waals surface area contributed by atoms with E-state index in [2.05, 4.69) is 15.9 Å². The van der Waals surface area contributed by atoms with Crippen LogP contribution < -0.4 is 5.73 Å². The standard InChI is InChI=1S/C9H12BrNO/c1-6-8(10)4-7(2-3-11)5-9(6)12/h4-5,12H,2-3,11H2,1H3. The predicted molar refractivity (Wildman–Crippen MR) is 53.3 cm³/mol. The minimum Gasteiger partial charge on any atom is -0.508 e. The Morgan fingerprint density at radius 1 is 1.50 bits per heavy atom. The molecule has 0 fully saturated rings. The molecule has 0 aliphatic carbocycles. The second-order valence-corrected chi connectivity index (χ2v) is 3.61. The number of benzene rings is 1. The highest BCUT2D eigenvalue weighted by Gasteiger charge is 2.02. The quantitative estimate of drug-likeness (QED) is 0.815. The van der Waals surface area contributed by atoms with E-state index >= 15 is 0 Å². The van der Waals surface area contributed by atoms with Crippen LogP contribution >= 0.6 is 15.9 Å². The number of halogens is 1. The molecule has 2 nitrogen and oxygen atoms in total. The van der Waals surface area contributed by atoms with Gasteiger partial charge < -0.3 is 10.8 Å². The highest BCUT2D eigenvalue weighted by Crippen LogP contribution is 2.26. The maximum Gasteiger partial charge on any atom is 0.119 e. The summed E-state index contributed by atoms with van der Waals surface area (Å²) >= 11 is 3.37. The van der Waals surface area contributed by atoms with Gasteiger partial charge >= 0.3 is 0 Å². The van der Waals surface area contributed by atoms with Crippen LogP contribution in [0.15, 0.2) is 16.6 Å². The van der Waals surface area contributed by atoms with E-state index in [1.54, 1.807) is 6.07 Å². The van der Waals surface area contributed by atoms with Crippen LogP contribution in [0.5, 0.6) is 5.75 Å². The minimum atomic E-state index is 0.327. The van der Waals surface area contributed by atoms with Gasteiger partial charge in [0.15, 0.2) is 0 Å². The van der Waals surface area contributed by atoms with E-state index in [1.807, 2.05) is 13.0 Å². The highest BCUT2D eigenvalue weighted by molar-refractivity contribution is 9.10. The molecule has 12 heavy (non-hydrogen) atoms. The SMILES string of the molecule is Cc1c(O)cc(CCN)cc1Br. The molecular formula is C9H12BrNO. The van der Waals surface area contributed by atoms with Crippen molar-refractivity contribution in [2.75, 3.05) is 6.54 Å². The molecule has 66 valence electrons. The molecular weight excluding hydrogens is 218 g/mol. The van der Waals surface area contributed by atoms with Crippen LogP contribution in [-0.4, -0.2) is 11.7 Å².